The highest BCUT2D eigenvalue weighted by molar-refractivity contribution is 6.36. The summed E-state index contributed by atoms with van der Waals surface area (Å²) in [5.74, 6) is -0.0109. The van der Waals surface area contributed by atoms with Crippen LogP contribution in [0.25, 0.3) is 10.8 Å². The Hall–Kier alpha value is -5.54. The van der Waals surface area contributed by atoms with Gasteiger partial charge >= 0.3 is 6.01 Å². The van der Waals surface area contributed by atoms with Gasteiger partial charge in [-0.15, -0.1) is 0 Å². The fourth-order valence-electron chi connectivity index (χ4n) is 7.79. The van der Waals surface area contributed by atoms with E-state index in [4.69, 9.17) is 26.3 Å². The van der Waals surface area contributed by atoms with Gasteiger partial charge in [-0.3, -0.25) is 9.59 Å². The van der Waals surface area contributed by atoms with Gasteiger partial charge in [-0.2, -0.15) is 15.2 Å². The minimum atomic E-state index is -0.324. The van der Waals surface area contributed by atoms with Crippen molar-refractivity contribution in [3.8, 4) is 23.6 Å². The van der Waals surface area contributed by atoms with Crippen LogP contribution in [-0.4, -0.2) is 93.7 Å². The number of halogens is 1. The van der Waals surface area contributed by atoms with E-state index in [1.807, 2.05) is 25.1 Å². The van der Waals surface area contributed by atoms with Crippen LogP contribution in [0.5, 0.6) is 17.5 Å². The van der Waals surface area contributed by atoms with Gasteiger partial charge in [0.15, 0.2) is 0 Å². The zero-order valence-electron chi connectivity index (χ0n) is 29.7. The van der Waals surface area contributed by atoms with E-state index in [1.54, 1.807) is 15.9 Å². The number of fused-ring (bicyclic) bond motifs is 2. The third-order valence-corrected chi connectivity index (χ3v) is 10.9. The molecule has 2 unspecified atom stereocenters. The lowest BCUT2D eigenvalue weighted by Gasteiger charge is -2.42. The number of aromatic hydroxyl groups is 2. The zero-order valence-corrected chi connectivity index (χ0v) is 30.4. The molecule has 2 saturated heterocycles. The maximum atomic E-state index is 13.4. The van der Waals surface area contributed by atoms with Crippen LogP contribution >= 0.6 is 11.6 Å². The number of anilines is 2. The number of amides is 2. The molecular weight excluding hydrogens is 694 g/mol. The van der Waals surface area contributed by atoms with E-state index in [-0.39, 0.29) is 59.9 Å². The summed E-state index contributed by atoms with van der Waals surface area (Å²) in [4.78, 5) is 43.8. The summed E-state index contributed by atoms with van der Waals surface area (Å²) < 4.78 is 6.34. The normalized spacial score (nSPS) is 18.5. The van der Waals surface area contributed by atoms with Crippen molar-refractivity contribution in [2.24, 2.45) is 5.92 Å². The van der Waals surface area contributed by atoms with Gasteiger partial charge in [0.2, 0.25) is 5.91 Å². The number of aromatic nitrogens is 2. The number of piperazine rings is 1. The van der Waals surface area contributed by atoms with Crippen LogP contribution in [0, 0.1) is 17.2 Å². The second-order valence-corrected chi connectivity index (χ2v) is 14.2. The Morgan fingerprint density at radius 3 is 2.64 bits per heavy atom. The van der Waals surface area contributed by atoms with Gasteiger partial charge in [-0.05, 0) is 54.5 Å². The van der Waals surface area contributed by atoms with Crippen molar-refractivity contribution in [2.75, 3.05) is 55.7 Å². The van der Waals surface area contributed by atoms with Gasteiger partial charge in [0, 0.05) is 67.9 Å². The molecule has 53 heavy (non-hydrogen) atoms. The zero-order chi connectivity index (χ0) is 37.2. The van der Waals surface area contributed by atoms with Crippen LogP contribution in [-0.2, 0) is 24.2 Å². The van der Waals surface area contributed by atoms with Gasteiger partial charge in [-0.1, -0.05) is 49.4 Å². The first-order chi connectivity index (χ1) is 25.7. The van der Waals surface area contributed by atoms with E-state index in [1.165, 1.54) is 12.1 Å². The second kappa shape index (κ2) is 15.2. The van der Waals surface area contributed by atoms with Crippen LogP contribution in [0.3, 0.4) is 0 Å². The Morgan fingerprint density at radius 1 is 1.06 bits per heavy atom. The Bertz CT molecular complexity index is 2110. The molecule has 13 heteroatoms. The average Bonchev–Trinajstić information content (AvgIpc) is 3.65. The fraction of sp³-hybridized carbons (Fsp3) is 0.375. The Balaban J connectivity index is 1.15. The Morgan fingerprint density at radius 2 is 1.87 bits per heavy atom. The van der Waals surface area contributed by atoms with Crippen LogP contribution in [0.2, 0.25) is 5.02 Å². The molecule has 2 N–H and O–H groups in total. The van der Waals surface area contributed by atoms with E-state index in [2.05, 4.69) is 40.6 Å². The van der Waals surface area contributed by atoms with Crippen LogP contribution in [0.4, 0.5) is 11.5 Å². The first kappa shape index (κ1) is 35.8. The number of phenolic OH excluding ortho intramolecular Hbond substituents is 2. The molecule has 3 aliphatic heterocycles. The molecule has 3 aromatic carbocycles. The largest absolute Gasteiger partial charge is 0.508 e. The number of ether oxygens (including phenoxy) is 1. The number of hydrogen-bond donors (Lipinski definition) is 2. The molecule has 0 bridgehead atoms. The molecule has 3 aliphatic rings. The molecule has 0 saturated carbocycles. The predicted molar refractivity (Wildman–Crippen MR) is 203 cm³/mol. The number of carbonyl (C=O) groups excluding carboxylic acids is 2. The SMILES string of the molecule is C=CC(=O)N1CCN(c2nc(OCC3CCN(C(=O)c4cc(CC)c(O)cc4O)C3)nc3c2CCN(c2cccc4cccc(Cl)c24)C3)CC1CC#N. The van der Waals surface area contributed by atoms with Crippen molar-refractivity contribution >= 4 is 45.7 Å². The molecule has 274 valence electrons. The number of hydrogen-bond acceptors (Lipinski definition) is 10. The molecule has 12 nitrogen and oxygen atoms in total. The van der Waals surface area contributed by atoms with E-state index in [9.17, 15) is 25.1 Å². The number of likely N-dealkylation sites (tertiary alicyclic amines) is 1. The van der Waals surface area contributed by atoms with Gasteiger partial charge < -0.3 is 34.5 Å². The molecule has 0 aliphatic carbocycles. The van der Waals surface area contributed by atoms with Crippen molar-refractivity contribution < 1.29 is 24.5 Å². The molecule has 2 atom stereocenters. The Kier molecular flexibility index (Phi) is 10.3. The average molecular weight is 736 g/mol. The van der Waals surface area contributed by atoms with E-state index in [0.717, 1.165) is 33.5 Å². The minimum Gasteiger partial charge on any atom is -0.508 e. The summed E-state index contributed by atoms with van der Waals surface area (Å²) in [5.41, 5.74) is 3.63. The maximum Gasteiger partial charge on any atom is 0.318 e. The highest BCUT2D eigenvalue weighted by Gasteiger charge is 2.34. The van der Waals surface area contributed by atoms with Gasteiger partial charge in [0.05, 0.1) is 48.0 Å². The predicted octanol–water partition coefficient (Wildman–Crippen LogP) is 5.48. The smallest absolute Gasteiger partial charge is 0.318 e. The number of benzene rings is 3. The third-order valence-electron chi connectivity index (χ3n) is 10.6. The molecule has 4 aromatic rings. The molecule has 0 radical (unpaired) electrons. The maximum absolute atomic E-state index is 13.4. The minimum absolute atomic E-state index is 0.00901. The van der Waals surface area contributed by atoms with Crippen molar-refractivity contribution in [3.05, 3.63) is 88.6 Å². The lowest BCUT2D eigenvalue weighted by molar-refractivity contribution is -0.128. The number of phenols is 2. The summed E-state index contributed by atoms with van der Waals surface area (Å²) in [5, 5.41) is 32.9. The second-order valence-electron chi connectivity index (χ2n) is 13.8. The number of aryl methyl sites for hydroxylation is 1. The van der Waals surface area contributed by atoms with Crippen molar-refractivity contribution in [1.82, 2.24) is 19.8 Å². The Labute approximate surface area is 313 Å². The summed E-state index contributed by atoms with van der Waals surface area (Å²) in [7, 11) is 0. The summed E-state index contributed by atoms with van der Waals surface area (Å²) in [6.45, 7) is 9.35. The standard InChI is InChI=1S/C40H42ClN7O5/c1-3-26-19-30(35(50)20-34(26)49)39(52)47-15-12-25(21-47)24-53-40-43-32-23-45(33-10-6-8-27-7-5-9-31(41)37(27)33)16-13-29(32)38(44-40)46-17-18-48(36(51)4-2)28(22-46)11-14-42/h4-10,19-20,25,28,49-50H,2-3,11-13,15-18,21-24H2,1H3. The van der Waals surface area contributed by atoms with Crippen molar-refractivity contribution in [3.63, 3.8) is 0 Å². The number of carbonyl (C=O) groups is 2. The molecule has 1 aromatic heterocycles. The van der Waals surface area contributed by atoms with E-state index >= 15 is 0 Å². The van der Waals surface area contributed by atoms with Gasteiger partial charge in [-0.25, -0.2) is 0 Å². The topological polar surface area (TPSA) is 146 Å². The quantitative estimate of drug-likeness (QED) is 0.212. The summed E-state index contributed by atoms with van der Waals surface area (Å²) in [6, 6.07) is 17.0. The fourth-order valence-corrected chi connectivity index (χ4v) is 8.07. The molecule has 7 rings (SSSR count). The first-order valence-corrected chi connectivity index (χ1v) is 18.4. The highest BCUT2D eigenvalue weighted by Crippen LogP contribution is 2.38. The third kappa shape index (κ3) is 7.13. The lowest BCUT2D eigenvalue weighted by atomic mass is 10.0. The molecule has 0 spiro atoms. The van der Waals surface area contributed by atoms with Crippen molar-refractivity contribution in [2.45, 2.75) is 45.2 Å². The van der Waals surface area contributed by atoms with Gasteiger partial charge in [0.25, 0.3) is 5.91 Å². The molecule has 2 fully saturated rings. The van der Waals surface area contributed by atoms with Gasteiger partial charge in [0.1, 0.15) is 17.3 Å². The number of nitriles is 1. The summed E-state index contributed by atoms with van der Waals surface area (Å²) in [6.07, 6.45) is 3.37. The first-order valence-electron chi connectivity index (χ1n) is 18.0. The van der Waals surface area contributed by atoms with E-state index in [0.29, 0.717) is 75.7 Å². The number of nitrogens with zero attached hydrogens (tertiary/aromatic N) is 7. The number of rotatable bonds is 9. The van der Waals surface area contributed by atoms with Crippen LogP contribution in [0.1, 0.15) is 46.9 Å². The van der Waals surface area contributed by atoms with Crippen LogP contribution in [0.15, 0.2) is 61.2 Å². The van der Waals surface area contributed by atoms with Crippen LogP contribution < -0.4 is 14.5 Å². The molecular formula is C40H42ClN7O5. The van der Waals surface area contributed by atoms with Crippen molar-refractivity contribution in [1.29, 1.82) is 5.26 Å². The molecule has 4 heterocycles. The lowest BCUT2D eigenvalue weighted by Crippen LogP contribution is -2.55. The summed E-state index contributed by atoms with van der Waals surface area (Å²) >= 11 is 6.73. The highest BCUT2D eigenvalue weighted by atomic mass is 35.5. The monoisotopic (exact) mass is 735 g/mol. The molecule has 2 amide bonds. The van der Waals surface area contributed by atoms with E-state index < -0.39 is 0 Å².